The van der Waals surface area contributed by atoms with Crippen LogP contribution < -0.4 is 5.56 Å². The second-order valence-electron chi connectivity index (χ2n) is 5.56. The highest BCUT2D eigenvalue weighted by Crippen LogP contribution is 2.44. The zero-order valence-corrected chi connectivity index (χ0v) is 10.8. The number of aromatic nitrogens is 2. The molecular formula is C14H18N2O3. The van der Waals surface area contributed by atoms with Gasteiger partial charge in [-0.3, -0.25) is 4.79 Å². The topological polar surface area (TPSA) is 86.2 Å². The predicted molar refractivity (Wildman–Crippen MR) is 70.4 cm³/mol. The molecule has 1 aromatic heterocycles. The Morgan fingerprint density at radius 2 is 2.32 bits per heavy atom. The molecule has 19 heavy (non-hydrogen) atoms. The molecule has 0 radical (unpaired) electrons. The van der Waals surface area contributed by atoms with E-state index in [1.807, 2.05) is 13.0 Å². The number of rotatable bonds is 2. The lowest BCUT2D eigenvalue weighted by Crippen LogP contribution is -2.22. The molecule has 1 fully saturated rings. The van der Waals surface area contributed by atoms with Crippen LogP contribution in [0.2, 0.25) is 0 Å². The summed E-state index contributed by atoms with van der Waals surface area (Å²) in [7, 11) is 0. The molecule has 2 aliphatic carbocycles. The summed E-state index contributed by atoms with van der Waals surface area (Å²) >= 11 is 0. The minimum absolute atomic E-state index is 0.0253. The highest BCUT2D eigenvalue weighted by molar-refractivity contribution is 5.72. The van der Waals surface area contributed by atoms with E-state index in [1.165, 1.54) is 6.33 Å². The number of fused-ring (bicyclic) bond motifs is 1. The Labute approximate surface area is 111 Å². The molecule has 3 N–H and O–H groups in total. The van der Waals surface area contributed by atoms with E-state index in [9.17, 15) is 15.0 Å². The van der Waals surface area contributed by atoms with Crippen molar-refractivity contribution in [2.75, 3.05) is 6.61 Å². The Morgan fingerprint density at radius 1 is 1.53 bits per heavy atom. The molecule has 102 valence electrons. The first kappa shape index (κ1) is 12.6. The van der Waals surface area contributed by atoms with E-state index >= 15 is 0 Å². The molecule has 0 bridgehead atoms. The van der Waals surface area contributed by atoms with Crippen molar-refractivity contribution < 1.29 is 10.2 Å². The second-order valence-corrected chi connectivity index (χ2v) is 5.56. The van der Waals surface area contributed by atoms with Crippen molar-refractivity contribution in [3.8, 4) is 0 Å². The number of aliphatic hydroxyl groups is 2. The summed E-state index contributed by atoms with van der Waals surface area (Å²) in [6.45, 7) is 2.06. The molecule has 0 unspecified atom stereocenters. The van der Waals surface area contributed by atoms with Crippen LogP contribution in [-0.2, 0) is 6.42 Å². The lowest BCUT2D eigenvalue weighted by Gasteiger charge is -2.18. The number of nitrogens with zero attached hydrogens (tertiary/aromatic N) is 1. The van der Waals surface area contributed by atoms with Gasteiger partial charge in [-0.15, -0.1) is 0 Å². The quantitative estimate of drug-likeness (QED) is 0.717. The first-order valence-electron chi connectivity index (χ1n) is 6.69. The van der Waals surface area contributed by atoms with Crippen molar-refractivity contribution in [3.63, 3.8) is 0 Å². The molecule has 1 heterocycles. The average molecular weight is 262 g/mol. The largest absolute Gasteiger partial charge is 0.396 e. The van der Waals surface area contributed by atoms with Gasteiger partial charge in [-0.2, -0.15) is 0 Å². The van der Waals surface area contributed by atoms with E-state index in [0.29, 0.717) is 12.0 Å². The highest BCUT2D eigenvalue weighted by Gasteiger charge is 2.42. The van der Waals surface area contributed by atoms with Gasteiger partial charge in [0.2, 0.25) is 0 Å². The fourth-order valence-electron chi connectivity index (χ4n) is 3.38. The smallest absolute Gasteiger partial charge is 0.254 e. The maximum absolute atomic E-state index is 11.7. The molecular weight excluding hydrogens is 244 g/mol. The third-order valence-electron chi connectivity index (χ3n) is 4.63. The van der Waals surface area contributed by atoms with Crippen LogP contribution in [0.4, 0.5) is 0 Å². The minimum Gasteiger partial charge on any atom is -0.396 e. The van der Waals surface area contributed by atoms with Crippen molar-refractivity contribution in [1.29, 1.82) is 0 Å². The molecule has 0 aromatic carbocycles. The number of nitrogens with one attached hydrogen (secondary N) is 1. The van der Waals surface area contributed by atoms with Crippen molar-refractivity contribution in [2.24, 2.45) is 17.8 Å². The van der Waals surface area contributed by atoms with Gasteiger partial charge in [0.05, 0.1) is 18.1 Å². The van der Waals surface area contributed by atoms with Gasteiger partial charge >= 0.3 is 0 Å². The van der Waals surface area contributed by atoms with E-state index in [4.69, 9.17) is 0 Å². The summed E-state index contributed by atoms with van der Waals surface area (Å²) in [6.07, 6.45) is 4.26. The molecule has 5 nitrogen and oxygen atoms in total. The van der Waals surface area contributed by atoms with Crippen LogP contribution >= 0.6 is 0 Å². The molecule has 2 aliphatic rings. The number of hydrogen-bond acceptors (Lipinski definition) is 4. The van der Waals surface area contributed by atoms with Crippen LogP contribution in [0, 0.1) is 17.8 Å². The molecule has 1 saturated carbocycles. The Balaban J connectivity index is 1.95. The van der Waals surface area contributed by atoms with Gasteiger partial charge in [0.15, 0.2) is 0 Å². The van der Waals surface area contributed by atoms with Crippen LogP contribution in [0.5, 0.6) is 0 Å². The molecule has 5 heteroatoms. The monoisotopic (exact) mass is 262 g/mol. The van der Waals surface area contributed by atoms with Crippen LogP contribution in [0.3, 0.4) is 0 Å². The third kappa shape index (κ3) is 1.84. The first-order valence-corrected chi connectivity index (χ1v) is 6.69. The lowest BCUT2D eigenvalue weighted by molar-refractivity contribution is 0.0957. The predicted octanol–water partition coefficient (Wildman–Crippen LogP) is 0.335. The molecule has 0 aliphatic heterocycles. The Morgan fingerprint density at radius 3 is 3.00 bits per heavy atom. The second kappa shape index (κ2) is 4.58. The first-order chi connectivity index (χ1) is 9.13. The summed E-state index contributed by atoms with van der Waals surface area (Å²) in [6, 6.07) is 0. The van der Waals surface area contributed by atoms with Crippen molar-refractivity contribution in [1.82, 2.24) is 9.97 Å². The Bertz CT molecular complexity index is 578. The summed E-state index contributed by atoms with van der Waals surface area (Å²) in [4.78, 5) is 18.5. The zero-order valence-electron chi connectivity index (χ0n) is 10.8. The van der Waals surface area contributed by atoms with Crippen molar-refractivity contribution in [3.05, 3.63) is 34.0 Å². The van der Waals surface area contributed by atoms with Gasteiger partial charge < -0.3 is 15.2 Å². The standard InChI is InChI=1S/C14H18N2O3/c1-7-8(5-17)4-11(13(7)18)9-2-3-10-12(9)15-6-16-14(10)19/h2,6-8,11,13,17-18H,3-5H2,1H3,(H,15,16,19)/t7-,8-,11+,13-/m1/s1. The summed E-state index contributed by atoms with van der Waals surface area (Å²) < 4.78 is 0. The van der Waals surface area contributed by atoms with E-state index < -0.39 is 6.10 Å². The Kier molecular flexibility index (Phi) is 3.03. The average Bonchev–Trinajstić information content (AvgIpc) is 2.94. The minimum atomic E-state index is -0.476. The van der Waals surface area contributed by atoms with E-state index in [2.05, 4.69) is 9.97 Å². The normalized spacial score (nSPS) is 33.3. The van der Waals surface area contributed by atoms with E-state index in [0.717, 1.165) is 17.7 Å². The van der Waals surface area contributed by atoms with Gasteiger partial charge in [0.25, 0.3) is 5.56 Å². The fraction of sp³-hybridized carbons (Fsp3) is 0.571. The van der Waals surface area contributed by atoms with Gasteiger partial charge in [0.1, 0.15) is 0 Å². The number of aliphatic hydroxyl groups excluding tert-OH is 2. The zero-order chi connectivity index (χ0) is 13.6. The maximum atomic E-state index is 11.7. The molecule has 3 rings (SSSR count). The fourth-order valence-corrected chi connectivity index (χ4v) is 3.38. The maximum Gasteiger partial charge on any atom is 0.254 e. The van der Waals surface area contributed by atoms with Crippen molar-refractivity contribution >= 4 is 5.57 Å². The Hall–Kier alpha value is -1.46. The number of H-pyrrole nitrogens is 1. The lowest BCUT2D eigenvalue weighted by atomic mass is 9.92. The molecule has 0 saturated heterocycles. The summed E-state index contributed by atoms with van der Waals surface area (Å²) in [5.41, 5.74) is 2.27. The molecule has 1 aromatic rings. The van der Waals surface area contributed by atoms with Crippen LogP contribution in [0.25, 0.3) is 5.57 Å². The van der Waals surface area contributed by atoms with Gasteiger partial charge in [-0.05, 0) is 30.3 Å². The van der Waals surface area contributed by atoms with Crippen LogP contribution in [0.1, 0.15) is 24.6 Å². The van der Waals surface area contributed by atoms with Gasteiger partial charge in [-0.25, -0.2) is 4.98 Å². The van der Waals surface area contributed by atoms with Crippen molar-refractivity contribution in [2.45, 2.75) is 25.9 Å². The van der Waals surface area contributed by atoms with E-state index in [1.54, 1.807) is 0 Å². The molecule has 0 amide bonds. The SMILES string of the molecule is C[C@@H]1[C@@H](CO)C[C@@H](C2=CCc3c2nc[nH]c3=O)[C@@H]1O. The summed E-state index contributed by atoms with van der Waals surface area (Å²) in [5, 5.41) is 19.7. The number of aromatic amines is 1. The van der Waals surface area contributed by atoms with Crippen LogP contribution in [0.15, 0.2) is 17.2 Å². The number of allylic oxidation sites excluding steroid dienone is 1. The van der Waals surface area contributed by atoms with Gasteiger partial charge in [-0.1, -0.05) is 13.0 Å². The van der Waals surface area contributed by atoms with Gasteiger partial charge in [0, 0.05) is 18.1 Å². The molecule has 0 spiro atoms. The van der Waals surface area contributed by atoms with Crippen LogP contribution in [-0.4, -0.2) is 32.9 Å². The third-order valence-corrected chi connectivity index (χ3v) is 4.63. The highest BCUT2D eigenvalue weighted by atomic mass is 16.3. The van der Waals surface area contributed by atoms with E-state index in [-0.39, 0.29) is 29.9 Å². The number of hydrogen-bond donors (Lipinski definition) is 3. The molecule has 4 atom stereocenters. The summed E-state index contributed by atoms with van der Waals surface area (Å²) in [5.74, 6) is 0.164.